The summed E-state index contributed by atoms with van der Waals surface area (Å²) >= 11 is 0. The number of alkyl halides is 1. The van der Waals surface area contributed by atoms with Crippen molar-refractivity contribution in [3.63, 3.8) is 0 Å². The number of benzene rings is 1. The average molecular weight is 407 g/mol. The highest BCUT2D eigenvalue weighted by Gasteiger charge is 2.47. The lowest BCUT2D eigenvalue weighted by Gasteiger charge is -2.26. The fourth-order valence-corrected chi connectivity index (χ4v) is 3.61. The summed E-state index contributed by atoms with van der Waals surface area (Å²) in [5.74, 6) is -3.63. The highest BCUT2D eigenvalue weighted by molar-refractivity contribution is 5.83. The van der Waals surface area contributed by atoms with Gasteiger partial charge < -0.3 is 10.3 Å². The summed E-state index contributed by atoms with van der Waals surface area (Å²) in [5.41, 5.74) is -0.659. The van der Waals surface area contributed by atoms with E-state index in [1.54, 1.807) is 0 Å². The number of nitriles is 1. The van der Waals surface area contributed by atoms with Gasteiger partial charge in [-0.15, -0.1) is 0 Å². The Bertz CT molecular complexity index is 1080. The van der Waals surface area contributed by atoms with Crippen LogP contribution in [0.2, 0.25) is 0 Å². The molecule has 152 valence electrons. The number of hydrogen-bond acceptors (Lipinski definition) is 4. The number of hydrogen-bond donors (Lipinski definition) is 2. The van der Waals surface area contributed by atoms with Crippen molar-refractivity contribution < 1.29 is 22.7 Å². The number of pyridine rings is 1. The predicted molar refractivity (Wildman–Crippen MR) is 96.7 cm³/mol. The van der Waals surface area contributed by atoms with Crippen LogP contribution in [-0.4, -0.2) is 40.5 Å². The second-order valence-corrected chi connectivity index (χ2v) is 7.15. The molecule has 1 aliphatic rings. The number of H-pyrrole nitrogens is 1. The first-order valence-electron chi connectivity index (χ1n) is 8.98. The summed E-state index contributed by atoms with van der Waals surface area (Å²) in [6.45, 7) is 1.30. The molecule has 1 saturated heterocycles. The Kier molecular flexibility index (Phi) is 5.68. The van der Waals surface area contributed by atoms with E-state index in [9.17, 15) is 27.7 Å². The molecule has 2 N–H and O–H groups in total. The van der Waals surface area contributed by atoms with Crippen LogP contribution in [0.4, 0.5) is 13.2 Å². The first-order valence-corrected chi connectivity index (χ1v) is 8.98. The van der Waals surface area contributed by atoms with Gasteiger partial charge in [-0.2, -0.15) is 5.26 Å². The van der Waals surface area contributed by atoms with E-state index in [2.05, 4.69) is 10.3 Å². The Morgan fingerprint density at radius 3 is 2.83 bits per heavy atom. The molecule has 2 aromatic rings. The van der Waals surface area contributed by atoms with E-state index in [1.807, 2.05) is 6.07 Å². The number of aromatic amines is 1. The molecule has 0 bridgehead atoms. The molecule has 1 aromatic carbocycles. The van der Waals surface area contributed by atoms with Crippen molar-refractivity contribution in [2.24, 2.45) is 5.92 Å². The smallest absolute Gasteiger partial charge is 0.252 e. The van der Waals surface area contributed by atoms with E-state index in [-0.39, 0.29) is 29.4 Å². The fraction of sp³-hybridized carbons (Fsp3) is 0.421. The Labute approximate surface area is 163 Å². The normalized spacial score (nSPS) is 22.9. The van der Waals surface area contributed by atoms with Crippen LogP contribution in [0.25, 0.3) is 10.9 Å². The molecule has 0 spiro atoms. The molecule has 1 aliphatic heterocycles. The molecule has 4 atom stereocenters. The number of nitroso groups, excluding NO2 is 1. The molecule has 10 heteroatoms. The van der Waals surface area contributed by atoms with E-state index < -0.39 is 53.7 Å². The number of carbonyl (C=O) groups is 1. The van der Waals surface area contributed by atoms with Crippen molar-refractivity contribution in [3.05, 3.63) is 50.7 Å². The first kappa shape index (κ1) is 20.5. The van der Waals surface area contributed by atoms with Gasteiger partial charge >= 0.3 is 0 Å². The lowest BCUT2D eigenvalue weighted by atomic mass is 9.90. The minimum absolute atomic E-state index is 0.0861. The average Bonchev–Trinajstić information content (AvgIpc) is 2.65. The monoisotopic (exact) mass is 407 g/mol. The van der Waals surface area contributed by atoms with Crippen molar-refractivity contribution in [2.45, 2.75) is 38.0 Å². The van der Waals surface area contributed by atoms with Gasteiger partial charge in [0.25, 0.3) is 11.6 Å². The van der Waals surface area contributed by atoms with E-state index in [4.69, 9.17) is 5.26 Å². The van der Waals surface area contributed by atoms with E-state index in [0.29, 0.717) is 4.76 Å². The molecular formula is C19H18F3N4O3+. The second kappa shape index (κ2) is 8.03. The molecule has 29 heavy (non-hydrogen) atoms. The largest absolute Gasteiger partial charge is 0.346 e. The molecular weight excluding hydrogens is 389 g/mol. The molecule has 0 aliphatic carbocycles. The Morgan fingerprint density at radius 1 is 1.45 bits per heavy atom. The number of aromatic nitrogens is 1. The molecule has 1 fully saturated rings. The molecule has 0 saturated carbocycles. The molecule has 0 radical (unpaired) electrons. The summed E-state index contributed by atoms with van der Waals surface area (Å²) in [6, 6.07) is 3.00. The highest BCUT2D eigenvalue weighted by Crippen LogP contribution is 2.24. The van der Waals surface area contributed by atoms with Crippen LogP contribution in [0.15, 0.2) is 23.0 Å². The maximum atomic E-state index is 14.3. The van der Waals surface area contributed by atoms with Crippen LogP contribution in [0, 0.1) is 33.8 Å². The molecule has 1 amide bonds. The number of halogens is 3. The van der Waals surface area contributed by atoms with Gasteiger partial charge in [0.2, 0.25) is 12.5 Å². The Morgan fingerprint density at radius 2 is 2.17 bits per heavy atom. The van der Waals surface area contributed by atoms with Crippen LogP contribution in [0.3, 0.4) is 0 Å². The molecule has 1 aromatic heterocycles. The summed E-state index contributed by atoms with van der Waals surface area (Å²) in [7, 11) is 0. The maximum Gasteiger partial charge on any atom is 0.252 e. The number of amides is 1. The third-order valence-corrected chi connectivity index (χ3v) is 5.04. The lowest BCUT2D eigenvalue weighted by Crippen LogP contribution is -2.55. The number of carbonyl (C=O) groups excluding carboxylic acids is 1. The van der Waals surface area contributed by atoms with E-state index in [1.165, 1.54) is 13.0 Å². The van der Waals surface area contributed by atoms with Crippen LogP contribution >= 0.6 is 0 Å². The van der Waals surface area contributed by atoms with Crippen LogP contribution < -0.4 is 10.9 Å². The zero-order valence-corrected chi connectivity index (χ0v) is 15.4. The number of rotatable bonds is 4. The van der Waals surface area contributed by atoms with E-state index >= 15 is 0 Å². The molecule has 3 unspecified atom stereocenters. The van der Waals surface area contributed by atoms with Gasteiger partial charge in [-0.1, -0.05) is 0 Å². The lowest BCUT2D eigenvalue weighted by molar-refractivity contribution is -0.610. The standard InChI is InChI=1S/C19H17F3N4O3/c1-9(18-14(21)4-10(7-23)8-26(18)29)24-16(27)6-11-5-12-15(25-19(11)28)3-2-13(20)17(12)22/h2-3,5,9-10,14,18H,4,6,8H2,1H3,(H-,24,25,27,28)/p+1/t9-,10?,14?,18?/m1/s1. The number of piperidine rings is 1. The van der Waals surface area contributed by atoms with Gasteiger partial charge in [0.1, 0.15) is 5.92 Å². The van der Waals surface area contributed by atoms with Gasteiger partial charge in [0.15, 0.2) is 17.8 Å². The minimum Gasteiger partial charge on any atom is -0.346 e. The number of fused-ring (bicyclic) bond motifs is 1. The van der Waals surface area contributed by atoms with Crippen LogP contribution in [-0.2, 0) is 11.2 Å². The predicted octanol–water partition coefficient (Wildman–Crippen LogP) is 1.88. The Hall–Kier alpha value is -3.22. The second-order valence-electron chi connectivity index (χ2n) is 7.15. The maximum absolute atomic E-state index is 14.3. The summed E-state index contributed by atoms with van der Waals surface area (Å²) in [6.07, 6.45) is -2.16. The van der Waals surface area contributed by atoms with Gasteiger partial charge in [0.05, 0.1) is 24.0 Å². The van der Waals surface area contributed by atoms with Crippen molar-refractivity contribution in [3.8, 4) is 6.07 Å². The van der Waals surface area contributed by atoms with Crippen molar-refractivity contribution in [1.29, 1.82) is 5.26 Å². The van der Waals surface area contributed by atoms with Gasteiger partial charge in [0, 0.05) is 27.0 Å². The molecule has 7 nitrogen and oxygen atoms in total. The highest BCUT2D eigenvalue weighted by atomic mass is 19.2. The Balaban J connectivity index is 1.75. The number of nitrogens with one attached hydrogen (secondary N) is 2. The minimum atomic E-state index is -1.60. The van der Waals surface area contributed by atoms with Crippen molar-refractivity contribution in [2.75, 3.05) is 6.54 Å². The number of nitrogens with zero attached hydrogens (tertiary/aromatic N) is 2. The zero-order valence-electron chi connectivity index (χ0n) is 15.4. The third-order valence-electron chi connectivity index (χ3n) is 5.04. The van der Waals surface area contributed by atoms with Crippen LogP contribution in [0.5, 0.6) is 0 Å². The zero-order chi connectivity index (χ0) is 21.3. The van der Waals surface area contributed by atoms with Gasteiger partial charge in [-0.3, -0.25) is 9.59 Å². The van der Waals surface area contributed by atoms with Crippen molar-refractivity contribution >= 4 is 16.8 Å². The SMILES string of the molecule is C[C@@H](NC(=O)Cc1cc2c(F)c(F)ccc2[nH]c1=O)C1C(F)CC(C#N)C[N+]1=O. The van der Waals surface area contributed by atoms with Gasteiger partial charge in [-0.25, -0.2) is 13.2 Å². The fourth-order valence-electron chi connectivity index (χ4n) is 3.61. The quantitative estimate of drug-likeness (QED) is 0.755. The van der Waals surface area contributed by atoms with Crippen LogP contribution in [0.1, 0.15) is 18.9 Å². The summed E-state index contributed by atoms with van der Waals surface area (Å²) in [4.78, 5) is 38.9. The van der Waals surface area contributed by atoms with Crippen molar-refractivity contribution in [1.82, 2.24) is 10.3 Å². The summed E-state index contributed by atoms with van der Waals surface area (Å²) in [5, 5.41) is 11.2. The summed E-state index contributed by atoms with van der Waals surface area (Å²) < 4.78 is 42.1. The third kappa shape index (κ3) is 4.13. The molecule has 2 heterocycles. The molecule has 3 rings (SSSR count). The topological polar surface area (TPSA) is 106 Å². The van der Waals surface area contributed by atoms with Gasteiger partial charge in [-0.05, 0) is 25.1 Å². The van der Waals surface area contributed by atoms with E-state index in [0.717, 1.165) is 12.1 Å². The first-order chi connectivity index (χ1) is 13.7.